The van der Waals surface area contributed by atoms with E-state index in [9.17, 15) is 0 Å². The number of nitrogens with one attached hydrogen (secondary N) is 1. The lowest BCUT2D eigenvalue weighted by atomic mass is 9.74. The Morgan fingerprint density at radius 1 is 1.50 bits per heavy atom. The van der Waals surface area contributed by atoms with Crippen LogP contribution in [0.25, 0.3) is 0 Å². The Kier molecular flexibility index (Phi) is 5.73. The zero-order valence-corrected chi connectivity index (χ0v) is 11.2. The van der Waals surface area contributed by atoms with Crippen LogP contribution in [0.1, 0.15) is 39.5 Å². The molecule has 3 nitrogen and oxygen atoms in total. The van der Waals surface area contributed by atoms with Crippen LogP contribution in [-0.2, 0) is 9.47 Å². The lowest BCUT2D eigenvalue weighted by molar-refractivity contribution is -0.0939. The van der Waals surface area contributed by atoms with E-state index in [2.05, 4.69) is 12.2 Å². The Balaban J connectivity index is 2.66. The third-order valence-electron chi connectivity index (χ3n) is 3.87. The number of hydrogen-bond donors (Lipinski definition) is 1. The summed E-state index contributed by atoms with van der Waals surface area (Å²) in [5.74, 6) is 0.756. The number of ether oxygens (including phenoxy) is 2. The topological polar surface area (TPSA) is 30.5 Å². The molecular weight excluding hydrogens is 202 g/mol. The predicted octanol–water partition coefficient (Wildman–Crippen LogP) is 2.21. The molecule has 0 spiro atoms. The molecule has 1 saturated carbocycles. The number of hydrogen-bond acceptors (Lipinski definition) is 3. The molecule has 0 aliphatic heterocycles. The molecule has 3 atom stereocenters. The van der Waals surface area contributed by atoms with Crippen molar-refractivity contribution < 1.29 is 9.47 Å². The zero-order valence-electron chi connectivity index (χ0n) is 11.2. The molecule has 0 amide bonds. The molecule has 0 radical (unpaired) electrons. The van der Waals surface area contributed by atoms with Crippen molar-refractivity contribution in [2.24, 2.45) is 5.92 Å². The molecular formula is C13H27NO2. The van der Waals surface area contributed by atoms with E-state index in [1.54, 1.807) is 0 Å². The third kappa shape index (κ3) is 3.19. The van der Waals surface area contributed by atoms with Crippen molar-refractivity contribution in [1.29, 1.82) is 0 Å². The van der Waals surface area contributed by atoms with Crippen LogP contribution in [0.4, 0.5) is 0 Å². The third-order valence-corrected chi connectivity index (χ3v) is 3.87. The fraction of sp³-hybridized carbons (Fsp3) is 1.00. The lowest BCUT2D eigenvalue weighted by Gasteiger charge is -2.44. The molecule has 16 heavy (non-hydrogen) atoms. The molecule has 1 fully saturated rings. The van der Waals surface area contributed by atoms with Gasteiger partial charge < -0.3 is 14.8 Å². The SMILES string of the molecule is CCOCC(NC)C1(OC)CCCC(C)C1. The van der Waals surface area contributed by atoms with E-state index in [1.165, 1.54) is 12.8 Å². The fourth-order valence-electron chi connectivity index (χ4n) is 2.92. The monoisotopic (exact) mass is 229 g/mol. The molecule has 0 aromatic rings. The van der Waals surface area contributed by atoms with Crippen LogP contribution in [0, 0.1) is 5.92 Å². The molecule has 0 saturated heterocycles. The summed E-state index contributed by atoms with van der Waals surface area (Å²) < 4.78 is 11.4. The van der Waals surface area contributed by atoms with E-state index in [4.69, 9.17) is 9.47 Å². The lowest BCUT2D eigenvalue weighted by Crippen LogP contribution is -2.55. The van der Waals surface area contributed by atoms with Gasteiger partial charge in [-0.15, -0.1) is 0 Å². The first-order chi connectivity index (χ1) is 7.68. The van der Waals surface area contributed by atoms with Gasteiger partial charge in [0.25, 0.3) is 0 Å². The second-order valence-electron chi connectivity index (χ2n) is 4.97. The van der Waals surface area contributed by atoms with E-state index in [0.29, 0.717) is 6.04 Å². The Bertz CT molecular complexity index is 198. The van der Waals surface area contributed by atoms with Gasteiger partial charge in [-0.2, -0.15) is 0 Å². The fourth-order valence-corrected chi connectivity index (χ4v) is 2.92. The van der Waals surface area contributed by atoms with E-state index in [-0.39, 0.29) is 5.60 Å². The zero-order chi connectivity index (χ0) is 12.0. The van der Waals surface area contributed by atoms with Crippen LogP contribution in [0.3, 0.4) is 0 Å². The number of rotatable bonds is 6. The minimum atomic E-state index is -0.0262. The highest BCUT2D eigenvalue weighted by Gasteiger charge is 2.41. The Morgan fingerprint density at radius 3 is 2.75 bits per heavy atom. The van der Waals surface area contributed by atoms with Crippen LogP contribution in [-0.4, -0.2) is 39.0 Å². The molecule has 1 aliphatic carbocycles. The van der Waals surface area contributed by atoms with Crippen LogP contribution >= 0.6 is 0 Å². The van der Waals surface area contributed by atoms with Crippen LogP contribution in [0.5, 0.6) is 0 Å². The maximum Gasteiger partial charge on any atom is 0.0855 e. The highest BCUT2D eigenvalue weighted by Crippen LogP contribution is 2.37. The Labute approximate surface area is 99.9 Å². The van der Waals surface area contributed by atoms with Gasteiger partial charge in [0.1, 0.15) is 0 Å². The molecule has 3 heteroatoms. The average molecular weight is 229 g/mol. The molecule has 3 unspecified atom stereocenters. The molecule has 1 aliphatic rings. The van der Waals surface area contributed by atoms with Crippen molar-refractivity contribution >= 4 is 0 Å². The first-order valence-electron chi connectivity index (χ1n) is 6.48. The average Bonchev–Trinajstić information content (AvgIpc) is 2.30. The summed E-state index contributed by atoms with van der Waals surface area (Å²) in [4.78, 5) is 0. The summed E-state index contributed by atoms with van der Waals surface area (Å²) in [5, 5.41) is 3.37. The quantitative estimate of drug-likeness (QED) is 0.757. The van der Waals surface area contributed by atoms with Gasteiger partial charge in [-0.25, -0.2) is 0 Å². The van der Waals surface area contributed by atoms with Crippen molar-refractivity contribution in [3.63, 3.8) is 0 Å². The molecule has 1 rings (SSSR count). The molecule has 0 aromatic carbocycles. The van der Waals surface area contributed by atoms with Crippen LogP contribution < -0.4 is 5.32 Å². The molecule has 0 aromatic heterocycles. The van der Waals surface area contributed by atoms with Gasteiger partial charge in [0.15, 0.2) is 0 Å². The van der Waals surface area contributed by atoms with Crippen LogP contribution in [0.15, 0.2) is 0 Å². The minimum absolute atomic E-state index is 0.0262. The van der Waals surface area contributed by atoms with Gasteiger partial charge in [0.2, 0.25) is 0 Å². The van der Waals surface area contributed by atoms with Crippen molar-refractivity contribution in [3.05, 3.63) is 0 Å². The summed E-state index contributed by atoms with van der Waals surface area (Å²) in [7, 11) is 3.85. The van der Waals surface area contributed by atoms with E-state index in [0.717, 1.165) is 32.0 Å². The normalized spacial score (nSPS) is 32.6. The molecule has 1 N–H and O–H groups in total. The number of likely N-dealkylation sites (N-methyl/N-ethyl adjacent to an activating group) is 1. The van der Waals surface area contributed by atoms with E-state index in [1.807, 2.05) is 21.1 Å². The maximum atomic E-state index is 5.86. The van der Waals surface area contributed by atoms with Gasteiger partial charge in [0, 0.05) is 13.7 Å². The Morgan fingerprint density at radius 2 is 2.25 bits per heavy atom. The largest absolute Gasteiger partial charge is 0.380 e. The maximum absolute atomic E-state index is 5.86. The summed E-state index contributed by atoms with van der Waals surface area (Å²) in [6.07, 6.45) is 4.88. The van der Waals surface area contributed by atoms with Gasteiger partial charge in [-0.05, 0) is 32.7 Å². The predicted molar refractivity (Wildman–Crippen MR) is 66.7 cm³/mol. The summed E-state index contributed by atoms with van der Waals surface area (Å²) in [5.41, 5.74) is -0.0262. The number of methoxy groups -OCH3 is 1. The smallest absolute Gasteiger partial charge is 0.0855 e. The molecule has 0 bridgehead atoms. The summed E-state index contributed by atoms with van der Waals surface area (Å²) in [6.45, 7) is 5.87. The molecule has 0 heterocycles. The van der Waals surface area contributed by atoms with Gasteiger partial charge in [-0.1, -0.05) is 19.8 Å². The first kappa shape index (κ1) is 13.9. The second kappa shape index (κ2) is 6.58. The standard InChI is InChI=1S/C13H27NO2/c1-5-16-10-12(14-3)13(15-4)8-6-7-11(2)9-13/h11-12,14H,5-10H2,1-4H3. The minimum Gasteiger partial charge on any atom is -0.380 e. The van der Waals surface area contributed by atoms with Gasteiger partial charge in [-0.3, -0.25) is 0 Å². The van der Waals surface area contributed by atoms with Gasteiger partial charge >= 0.3 is 0 Å². The highest BCUT2D eigenvalue weighted by molar-refractivity contribution is 4.96. The van der Waals surface area contributed by atoms with E-state index < -0.39 is 0 Å². The van der Waals surface area contributed by atoms with Crippen molar-refractivity contribution in [3.8, 4) is 0 Å². The molecule has 96 valence electrons. The summed E-state index contributed by atoms with van der Waals surface area (Å²) >= 11 is 0. The first-order valence-corrected chi connectivity index (χ1v) is 6.48. The van der Waals surface area contributed by atoms with Crippen molar-refractivity contribution in [2.75, 3.05) is 27.4 Å². The van der Waals surface area contributed by atoms with Gasteiger partial charge in [0.05, 0.1) is 18.2 Å². The van der Waals surface area contributed by atoms with E-state index >= 15 is 0 Å². The van der Waals surface area contributed by atoms with Crippen LogP contribution in [0.2, 0.25) is 0 Å². The highest BCUT2D eigenvalue weighted by atomic mass is 16.5. The summed E-state index contributed by atoms with van der Waals surface area (Å²) in [6, 6.07) is 0.306. The van der Waals surface area contributed by atoms with Crippen molar-refractivity contribution in [2.45, 2.75) is 51.2 Å². The Hall–Kier alpha value is -0.120. The van der Waals surface area contributed by atoms with Crippen molar-refractivity contribution in [1.82, 2.24) is 5.32 Å². The second-order valence-corrected chi connectivity index (χ2v) is 4.97.